The topological polar surface area (TPSA) is 80.0 Å². The summed E-state index contributed by atoms with van der Waals surface area (Å²) in [5, 5.41) is 10.7. The zero-order chi connectivity index (χ0) is 18.0. The van der Waals surface area contributed by atoms with Crippen molar-refractivity contribution >= 4 is 29.9 Å². The largest absolute Gasteiger partial charge is 0.357 e. The van der Waals surface area contributed by atoms with E-state index in [1.807, 2.05) is 36.5 Å². The lowest BCUT2D eigenvalue weighted by molar-refractivity contribution is 0.788. The Labute approximate surface area is 176 Å². The number of aliphatic imine (C=N–C) groups is 1. The first kappa shape index (κ1) is 20.8. The van der Waals surface area contributed by atoms with Crippen molar-refractivity contribution in [3.05, 3.63) is 72.6 Å². The lowest BCUT2D eigenvalue weighted by Gasteiger charge is -2.11. The second-order valence-electron chi connectivity index (χ2n) is 5.70. The Bertz CT molecular complexity index is 802. The molecule has 7 nitrogen and oxygen atoms in total. The SMILES string of the molecule is CCNC(=NCc1ccc(-n2cncn2)cc1)NCCc1ccccn1.I. The van der Waals surface area contributed by atoms with Gasteiger partial charge in [0.2, 0.25) is 0 Å². The lowest BCUT2D eigenvalue weighted by Crippen LogP contribution is -2.38. The molecule has 0 amide bonds. The second kappa shape index (κ2) is 11.3. The van der Waals surface area contributed by atoms with Gasteiger partial charge < -0.3 is 10.6 Å². The Kier molecular flexibility index (Phi) is 8.69. The van der Waals surface area contributed by atoms with Crippen LogP contribution in [0.5, 0.6) is 0 Å². The zero-order valence-electron chi connectivity index (χ0n) is 15.2. The summed E-state index contributed by atoms with van der Waals surface area (Å²) in [6, 6.07) is 14.1. The van der Waals surface area contributed by atoms with Gasteiger partial charge in [-0.05, 0) is 36.8 Å². The van der Waals surface area contributed by atoms with Crippen LogP contribution in [0.2, 0.25) is 0 Å². The maximum atomic E-state index is 4.65. The van der Waals surface area contributed by atoms with Gasteiger partial charge in [0.05, 0.1) is 12.2 Å². The Morgan fingerprint density at radius 3 is 2.63 bits per heavy atom. The molecule has 3 rings (SSSR count). The van der Waals surface area contributed by atoms with Crippen LogP contribution in [0.25, 0.3) is 5.69 Å². The summed E-state index contributed by atoms with van der Waals surface area (Å²) in [5.74, 6) is 0.809. The minimum atomic E-state index is 0. The lowest BCUT2D eigenvalue weighted by atomic mass is 10.2. The monoisotopic (exact) mass is 477 g/mol. The van der Waals surface area contributed by atoms with E-state index in [0.29, 0.717) is 6.54 Å². The van der Waals surface area contributed by atoms with Crippen LogP contribution in [0.4, 0.5) is 0 Å². The van der Waals surface area contributed by atoms with Crippen molar-refractivity contribution < 1.29 is 0 Å². The molecule has 0 atom stereocenters. The third-order valence-electron chi connectivity index (χ3n) is 3.78. The average molecular weight is 477 g/mol. The molecule has 0 fully saturated rings. The zero-order valence-corrected chi connectivity index (χ0v) is 17.6. The van der Waals surface area contributed by atoms with E-state index in [1.54, 1.807) is 11.0 Å². The van der Waals surface area contributed by atoms with Crippen molar-refractivity contribution in [3.63, 3.8) is 0 Å². The molecule has 0 saturated heterocycles. The Balaban J connectivity index is 0.00000261. The molecule has 0 radical (unpaired) electrons. The van der Waals surface area contributed by atoms with Crippen molar-refractivity contribution in [2.24, 2.45) is 4.99 Å². The number of aromatic nitrogens is 4. The molecular formula is C19H24IN7. The highest BCUT2D eigenvalue weighted by atomic mass is 127. The van der Waals surface area contributed by atoms with Crippen molar-refractivity contribution in [2.75, 3.05) is 13.1 Å². The van der Waals surface area contributed by atoms with Gasteiger partial charge in [-0.1, -0.05) is 18.2 Å². The van der Waals surface area contributed by atoms with E-state index in [9.17, 15) is 0 Å². The van der Waals surface area contributed by atoms with Crippen LogP contribution >= 0.6 is 24.0 Å². The van der Waals surface area contributed by atoms with Gasteiger partial charge in [-0.2, -0.15) is 5.10 Å². The van der Waals surface area contributed by atoms with E-state index in [0.717, 1.165) is 42.4 Å². The summed E-state index contributed by atoms with van der Waals surface area (Å²) in [6.45, 7) is 4.27. The number of nitrogens with one attached hydrogen (secondary N) is 2. The maximum Gasteiger partial charge on any atom is 0.191 e. The molecule has 8 heteroatoms. The summed E-state index contributed by atoms with van der Waals surface area (Å²) in [4.78, 5) is 12.9. The van der Waals surface area contributed by atoms with E-state index in [1.165, 1.54) is 6.33 Å². The van der Waals surface area contributed by atoms with Gasteiger partial charge in [0.25, 0.3) is 0 Å². The first-order valence-corrected chi connectivity index (χ1v) is 8.71. The van der Waals surface area contributed by atoms with Gasteiger partial charge in [0.1, 0.15) is 12.7 Å². The van der Waals surface area contributed by atoms with Gasteiger partial charge >= 0.3 is 0 Å². The molecule has 27 heavy (non-hydrogen) atoms. The fraction of sp³-hybridized carbons (Fsp3) is 0.263. The average Bonchev–Trinajstić information content (AvgIpc) is 3.22. The number of hydrogen-bond donors (Lipinski definition) is 2. The Morgan fingerprint density at radius 1 is 1.11 bits per heavy atom. The molecule has 0 bridgehead atoms. The summed E-state index contributed by atoms with van der Waals surface area (Å²) in [7, 11) is 0. The smallest absolute Gasteiger partial charge is 0.191 e. The molecule has 142 valence electrons. The molecule has 2 N–H and O–H groups in total. The van der Waals surface area contributed by atoms with Crippen LogP contribution in [0, 0.1) is 0 Å². The van der Waals surface area contributed by atoms with E-state index in [2.05, 4.69) is 49.7 Å². The Morgan fingerprint density at radius 2 is 1.96 bits per heavy atom. The van der Waals surface area contributed by atoms with E-state index in [4.69, 9.17) is 0 Å². The normalized spacial score (nSPS) is 10.9. The second-order valence-corrected chi connectivity index (χ2v) is 5.70. The summed E-state index contributed by atoms with van der Waals surface area (Å²) < 4.78 is 1.73. The molecule has 2 heterocycles. The van der Waals surface area contributed by atoms with Crippen LogP contribution in [0.15, 0.2) is 66.3 Å². The van der Waals surface area contributed by atoms with Gasteiger partial charge in [-0.15, -0.1) is 24.0 Å². The summed E-state index contributed by atoms with van der Waals surface area (Å²) >= 11 is 0. The molecule has 2 aromatic heterocycles. The van der Waals surface area contributed by atoms with Gasteiger partial charge in [-0.25, -0.2) is 14.7 Å². The summed E-state index contributed by atoms with van der Waals surface area (Å²) in [5.41, 5.74) is 3.19. The fourth-order valence-electron chi connectivity index (χ4n) is 2.46. The van der Waals surface area contributed by atoms with Crippen molar-refractivity contribution in [2.45, 2.75) is 19.9 Å². The van der Waals surface area contributed by atoms with Crippen LogP contribution < -0.4 is 10.6 Å². The predicted octanol–water partition coefficient (Wildman–Crippen LogP) is 2.58. The van der Waals surface area contributed by atoms with Crippen LogP contribution in [0.3, 0.4) is 0 Å². The van der Waals surface area contributed by atoms with Crippen LogP contribution in [-0.2, 0) is 13.0 Å². The molecule has 0 aliphatic rings. The van der Waals surface area contributed by atoms with Gasteiger partial charge in [0, 0.05) is 31.4 Å². The number of guanidine groups is 1. The number of nitrogens with zero attached hydrogens (tertiary/aromatic N) is 5. The van der Waals surface area contributed by atoms with Gasteiger partial charge in [-0.3, -0.25) is 4.98 Å². The highest BCUT2D eigenvalue weighted by Crippen LogP contribution is 2.08. The fourth-order valence-corrected chi connectivity index (χ4v) is 2.46. The first-order chi connectivity index (χ1) is 12.8. The molecule has 1 aromatic carbocycles. The quantitative estimate of drug-likeness (QED) is 0.311. The molecular weight excluding hydrogens is 453 g/mol. The van der Waals surface area contributed by atoms with E-state index in [-0.39, 0.29) is 24.0 Å². The standard InChI is InChI=1S/C19H23N7.HI/c1-2-21-19(23-12-10-17-5-3-4-11-22-17)24-13-16-6-8-18(9-7-16)26-15-20-14-25-26;/h3-9,11,14-15H,2,10,12-13H2,1H3,(H2,21,23,24);1H. The number of hydrogen-bond acceptors (Lipinski definition) is 4. The number of halogens is 1. The maximum absolute atomic E-state index is 4.65. The number of pyridine rings is 1. The van der Waals surface area contributed by atoms with Crippen LogP contribution in [0.1, 0.15) is 18.2 Å². The Hall–Kier alpha value is -2.49. The summed E-state index contributed by atoms with van der Waals surface area (Å²) in [6.07, 6.45) is 5.88. The van der Waals surface area contributed by atoms with E-state index >= 15 is 0 Å². The molecule has 0 unspecified atom stereocenters. The minimum Gasteiger partial charge on any atom is -0.357 e. The predicted molar refractivity (Wildman–Crippen MR) is 118 cm³/mol. The molecule has 0 saturated carbocycles. The molecule has 0 aliphatic carbocycles. The minimum absolute atomic E-state index is 0. The third kappa shape index (κ3) is 6.63. The van der Waals surface area contributed by atoms with Crippen LogP contribution in [-0.4, -0.2) is 38.8 Å². The third-order valence-corrected chi connectivity index (χ3v) is 3.78. The highest BCUT2D eigenvalue weighted by molar-refractivity contribution is 14.0. The molecule has 0 aliphatic heterocycles. The van der Waals surface area contributed by atoms with Crippen molar-refractivity contribution in [3.8, 4) is 5.69 Å². The van der Waals surface area contributed by atoms with Crippen molar-refractivity contribution in [1.82, 2.24) is 30.4 Å². The van der Waals surface area contributed by atoms with E-state index < -0.39 is 0 Å². The molecule has 3 aromatic rings. The first-order valence-electron chi connectivity index (χ1n) is 8.71. The van der Waals surface area contributed by atoms with Gasteiger partial charge in [0.15, 0.2) is 5.96 Å². The highest BCUT2D eigenvalue weighted by Gasteiger charge is 2.00. The molecule has 0 spiro atoms. The number of rotatable bonds is 7. The number of benzene rings is 1. The van der Waals surface area contributed by atoms with Crippen molar-refractivity contribution in [1.29, 1.82) is 0 Å².